The van der Waals surface area contributed by atoms with Crippen LogP contribution in [-0.4, -0.2) is 16.7 Å². The van der Waals surface area contributed by atoms with Gasteiger partial charge in [-0.05, 0) is 25.1 Å². The van der Waals surface area contributed by atoms with Gasteiger partial charge in [0, 0.05) is 17.7 Å². The SMILES string of the molecule is Cc1ccc(C(=O)NNC(=O)c2cc([N+](=O)[O-])ccc2Cl)cc1. The number of hydrogen-bond donors (Lipinski definition) is 2. The average molecular weight is 334 g/mol. The van der Waals surface area contributed by atoms with Gasteiger partial charge in [-0.3, -0.25) is 30.6 Å². The Kier molecular flexibility index (Phi) is 4.92. The molecule has 0 aliphatic heterocycles. The van der Waals surface area contributed by atoms with Crippen molar-refractivity contribution >= 4 is 29.1 Å². The first kappa shape index (κ1) is 16.4. The number of carbonyl (C=O) groups is 2. The molecule has 0 aliphatic rings. The van der Waals surface area contributed by atoms with E-state index in [2.05, 4.69) is 10.9 Å². The Morgan fingerprint density at radius 1 is 1.04 bits per heavy atom. The molecule has 0 atom stereocenters. The number of nitro benzene ring substituents is 1. The van der Waals surface area contributed by atoms with Gasteiger partial charge in [0.1, 0.15) is 0 Å². The molecule has 2 amide bonds. The highest BCUT2D eigenvalue weighted by atomic mass is 35.5. The summed E-state index contributed by atoms with van der Waals surface area (Å²) in [4.78, 5) is 34.0. The zero-order valence-electron chi connectivity index (χ0n) is 12.0. The van der Waals surface area contributed by atoms with Gasteiger partial charge in [0.15, 0.2) is 0 Å². The molecule has 2 rings (SSSR count). The van der Waals surface area contributed by atoms with Crippen LogP contribution >= 0.6 is 11.6 Å². The quantitative estimate of drug-likeness (QED) is 0.665. The van der Waals surface area contributed by atoms with E-state index in [1.165, 1.54) is 12.1 Å². The van der Waals surface area contributed by atoms with Gasteiger partial charge >= 0.3 is 0 Å². The first-order valence-corrected chi connectivity index (χ1v) is 6.87. The normalized spacial score (nSPS) is 10.0. The second kappa shape index (κ2) is 6.89. The molecule has 23 heavy (non-hydrogen) atoms. The number of non-ortho nitro benzene ring substituents is 1. The number of nitro groups is 1. The molecule has 0 unspecified atom stereocenters. The lowest BCUT2D eigenvalue weighted by atomic mass is 10.1. The Hall–Kier alpha value is -2.93. The Labute approximate surface area is 136 Å². The van der Waals surface area contributed by atoms with Crippen molar-refractivity contribution < 1.29 is 14.5 Å². The fourth-order valence-electron chi connectivity index (χ4n) is 1.76. The Balaban J connectivity index is 2.07. The molecule has 2 N–H and O–H groups in total. The molecule has 0 radical (unpaired) electrons. The Morgan fingerprint density at radius 3 is 2.26 bits per heavy atom. The second-order valence-corrected chi connectivity index (χ2v) is 5.10. The van der Waals surface area contributed by atoms with Gasteiger partial charge in [0.2, 0.25) is 0 Å². The van der Waals surface area contributed by atoms with Crippen LogP contribution in [0.2, 0.25) is 5.02 Å². The minimum atomic E-state index is -0.751. The van der Waals surface area contributed by atoms with Crippen molar-refractivity contribution in [1.82, 2.24) is 10.9 Å². The van der Waals surface area contributed by atoms with E-state index in [0.717, 1.165) is 11.6 Å². The number of nitrogens with zero attached hydrogens (tertiary/aromatic N) is 1. The molecule has 0 fully saturated rings. The van der Waals surface area contributed by atoms with Gasteiger partial charge in [0.05, 0.1) is 15.5 Å². The average Bonchev–Trinajstić information content (AvgIpc) is 2.53. The van der Waals surface area contributed by atoms with E-state index in [0.29, 0.717) is 5.56 Å². The van der Waals surface area contributed by atoms with E-state index in [-0.39, 0.29) is 16.3 Å². The van der Waals surface area contributed by atoms with Gasteiger partial charge in [-0.15, -0.1) is 0 Å². The van der Waals surface area contributed by atoms with Gasteiger partial charge in [-0.2, -0.15) is 0 Å². The summed E-state index contributed by atoms with van der Waals surface area (Å²) in [7, 11) is 0. The van der Waals surface area contributed by atoms with Crippen molar-refractivity contribution in [2.75, 3.05) is 0 Å². The van der Waals surface area contributed by atoms with Crippen molar-refractivity contribution in [2.45, 2.75) is 6.92 Å². The molecule has 0 saturated heterocycles. The third-order valence-electron chi connectivity index (χ3n) is 3.01. The summed E-state index contributed by atoms with van der Waals surface area (Å²) in [5.74, 6) is -1.26. The molecule has 8 heteroatoms. The van der Waals surface area contributed by atoms with Crippen molar-refractivity contribution in [3.8, 4) is 0 Å². The van der Waals surface area contributed by atoms with Crippen LogP contribution < -0.4 is 10.9 Å². The minimum Gasteiger partial charge on any atom is -0.267 e. The van der Waals surface area contributed by atoms with Crippen molar-refractivity contribution in [3.63, 3.8) is 0 Å². The van der Waals surface area contributed by atoms with Crippen LogP contribution in [0, 0.1) is 17.0 Å². The first-order valence-electron chi connectivity index (χ1n) is 6.50. The van der Waals surface area contributed by atoms with Crippen LogP contribution in [0.1, 0.15) is 26.3 Å². The van der Waals surface area contributed by atoms with Crippen LogP contribution in [0.25, 0.3) is 0 Å². The summed E-state index contributed by atoms with van der Waals surface area (Å²) in [6.45, 7) is 1.88. The number of benzene rings is 2. The number of hydrogen-bond acceptors (Lipinski definition) is 4. The zero-order valence-corrected chi connectivity index (χ0v) is 12.8. The van der Waals surface area contributed by atoms with E-state index in [4.69, 9.17) is 11.6 Å². The maximum absolute atomic E-state index is 12.0. The second-order valence-electron chi connectivity index (χ2n) is 4.70. The maximum atomic E-state index is 12.0. The van der Waals surface area contributed by atoms with E-state index in [1.807, 2.05) is 6.92 Å². The lowest BCUT2D eigenvalue weighted by Crippen LogP contribution is -2.41. The molecule has 2 aromatic carbocycles. The zero-order chi connectivity index (χ0) is 17.0. The van der Waals surface area contributed by atoms with Crippen LogP contribution in [0.3, 0.4) is 0 Å². The summed E-state index contributed by atoms with van der Waals surface area (Å²) in [5.41, 5.74) is 5.38. The minimum absolute atomic E-state index is 0.0395. The predicted molar refractivity (Wildman–Crippen MR) is 84.2 cm³/mol. The number of carbonyl (C=O) groups excluding carboxylic acids is 2. The topological polar surface area (TPSA) is 101 Å². The Morgan fingerprint density at radius 2 is 1.65 bits per heavy atom. The third kappa shape index (κ3) is 4.04. The molecule has 0 spiro atoms. The maximum Gasteiger partial charge on any atom is 0.271 e. The lowest BCUT2D eigenvalue weighted by Gasteiger charge is -2.08. The molecule has 0 saturated carbocycles. The van der Waals surface area contributed by atoms with Crippen LogP contribution in [0.4, 0.5) is 5.69 Å². The summed E-state index contributed by atoms with van der Waals surface area (Å²) in [5, 5.41) is 10.8. The van der Waals surface area contributed by atoms with Gasteiger partial charge < -0.3 is 0 Å². The van der Waals surface area contributed by atoms with E-state index in [1.54, 1.807) is 24.3 Å². The van der Waals surface area contributed by atoms with Gasteiger partial charge in [0.25, 0.3) is 17.5 Å². The number of nitrogens with one attached hydrogen (secondary N) is 2. The van der Waals surface area contributed by atoms with Crippen LogP contribution in [0.5, 0.6) is 0 Å². The summed E-state index contributed by atoms with van der Waals surface area (Å²) >= 11 is 5.85. The molecule has 0 aromatic heterocycles. The van der Waals surface area contributed by atoms with E-state index in [9.17, 15) is 19.7 Å². The molecule has 0 aliphatic carbocycles. The number of halogens is 1. The molecular formula is C15H12ClN3O4. The molecule has 7 nitrogen and oxygen atoms in total. The van der Waals surface area contributed by atoms with Crippen molar-refractivity contribution in [2.24, 2.45) is 0 Å². The third-order valence-corrected chi connectivity index (χ3v) is 3.34. The molecular weight excluding hydrogens is 322 g/mol. The van der Waals surface area contributed by atoms with Crippen LogP contribution in [-0.2, 0) is 0 Å². The predicted octanol–water partition coefficient (Wildman–Crippen LogP) is 2.63. The number of rotatable bonds is 3. The highest BCUT2D eigenvalue weighted by Crippen LogP contribution is 2.21. The summed E-state index contributed by atoms with van der Waals surface area (Å²) < 4.78 is 0. The highest BCUT2D eigenvalue weighted by Gasteiger charge is 2.16. The van der Waals surface area contributed by atoms with Gasteiger partial charge in [-0.25, -0.2) is 0 Å². The molecule has 0 bridgehead atoms. The van der Waals surface area contributed by atoms with Gasteiger partial charge in [-0.1, -0.05) is 29.3 Å². The Bertz CT molecular complexity index is 775. The standard InChI is InChI=1S/C15H12ClN3O4/c1-9-2-4-10(5-3-9)14(20)17-18-15(21)12-8-11(19(22)23)6-7-13(12)16/h2-8H,1H3,(H,17,20)(H,18,21). The smallest absolute Gasteiger partial charge is 0.267 e. The molecule has 0 heterocycles. The first-order chi connectivity index (χ1) is 10.9. The van der Waals surface area contributed by atoms with Crippen LogP contribution in [0.15, 0.2) is 42.5 Å². The number of aryl methyl sites for hydroxylation is 1. The van der Waals surface area contributed by atoms with Crippen molar-refractivity contribution in [3.05, 3.63) is 74.3 Å². The lowest BCUT2D eigenvalue weighted by molar-refractivity contribution is -0.384. The van der Waals surface area contributed by atoms with E-state index < -0.39 is 16.7 Å². The fourth-order valence-corrected chi connectivity index (χ4v) is 1.96. The van der Waals surface area contributed by atoms with Crippen molar-refractivity contribution in [1.29, 1.82) is 0 Å². The number of hydrazine groups is 1. The molecule has 118 valence electrons. The fraction of sp³-hybridized carbons (Fsp3) is 0.0667. The highest BCUT2D eigenvalue weighted by molar-refractivity contribution is 6.34. The number of amides is 2. The summed E-state index contributed by atoms with van der Waals surface area (Å²) in [6.07, 6.45) is 0. The monoisotopic (exact) mass is 333 g/mol. The summed E-state index contributed by atoms with van der Waals surface area (Å²) in [6, 6.07) is 10.2. The molecule has 2 aromatic rings. The largest absolute Gasteiger partial charge is 0.271 e. The van der Waals surface area contributed by atoms with E-state index >= 15 is 0 Å².